The topological polar surface area (TPSA) is 36.3 Å². The van der Waals surface area contributed by atoms with Crippen LogP contribution in [0.2, 0.25) is 5.02 Å². The Labute approximate surface area is 108 Å². The Hall–Kier alpha value is -1.24. The number of hydrogen-bond donors (Lipinski definition) is 0. The summed E-state index contributed by atoms with van der Waals surface area (Å²) in [5, 5.41) is 9.85. The molecule has 0 radical (unpaired) electrons. The van der Waals surface area contributed by atoms with Crippen LogP contribution >= 0.6 is 11.6 Å². The molecule has 0 aliphatic rings. The molecule has 0 N–H and O–H groups in total. The minimum absolute atomic E-state index is 0.0312. The first-order valence-electron chi connectivity index (χ1n) is 5.40. The van der Waals surface area contributed by atoms with Crippen molar-refractivity contribution in [3.63, 3.8) is 0 Å². The standard InChI is InChI=1S/C13H17ClN2O/c1-9(12(8-15)16(2)3)11-7-10(14)5-6-13(11)17-4/h5-7,9,12H,1-4H3. The van der Waals surface area contributed by atoms with Crippen LogP contribution in [-0.2, 0) is 0 Å². The fourth-order valence-corrected chi connectivity index (χ4v) is 2.09. The van der Waals surface area contributed by atoms with Gasteiger partial charge in [0.2, 0.25) is 0 Å². The third-order valence-electron chi connectivity index (χ3n) is 2.84. The zero-order valence-corrected chi connectivity index (χ0v) is 11.3. The molecule has 1 rings (SSSR count). The van der Waals surface area contributed by atoms with E-state index in [2.05, 4.69) is 6.07 Å². The van der Waals surface area contributed by atoms with E-state index in [1.807, 2.05) is 38.1 Å². The quantitative estimate of drug-likeness (QED) is 0.827. The largest absolute Gasteiger partial charge is 0.496 e. The van der Waals surface area contributed by atoms with E-state index in [1.165, 1.54) is 0 Å². The summed E-state index contributed by atoms with van der Waals surface area (Å²) in [7, 11) is 5.40. The molecule has 0 heterocycles. The van der Waals surface area contributed by atoms with E-state index < -0.39 is 0 Å². The summed E-state index contributed by atoms with van der Waals surface area (Å²) in [6.07, 6.45) is 0. The number of ether oxygens (including phenoxy) is 1. The molecule has 0 spiro atoms. The molecule has 0 amide bonds. The number of methoxy groups -OCH3 is 1. The monoisotopic (exact) mass is 252 g/mol. The van der Waals surface area contributed by atoms with Gasteiger partial charge >= 0.3 is 0 Å². The van der Waals surface area contributed by atoms with Crippen molar-refractivity contribution >= 4 is 11.6 Å². The van der Waals surface area contributed by atoms with Crippen molar-refractivity contribution in [1.82, 2.24) is 4.90 Å². The van der Waals surface area contributed by atoms with Crippen LogP contribution in [0.5, 0.6) is 5.75 Å². The first kappa shape index (κ1) is 13.8. The lowest BCUT2D eigenvalue weighted by Gasteiger charge is -2.25. The second-order valence-corrected chi connectivity index (χ2v) is 4.65. The third kappa shape index (κ3) is 3.12. The highest BCUT2D eigenvalue weighted by atomic mass is 35.5. The minimum atomic E-state index is -0.206. The van der Waals surface area contributed by atoms with E-state index in [0.717, 1.165) is 11.3 Å². The number of nitrogens with zero attached hydrogens (tertiary/aromatic N) is 2. The van der Waals surface area contributed by atoms with Crippen molar-refractivity contribution < 1.29 is 4.74 Å². The average molecular weight is 253 g/mol. The van der Waals surface area contributed by atoms with Gasteiger partial charge in [0.15, 0.2) is 0 Å². The SMILES string of the molecule is COc1ccc(Cl)cc1C(C)C(C#N)N(C)C. The summed E-state index contributed by atoms with van der Waals surface area (Å²) in [5.41, 5.74) is 0.959. The van der Waals surface area contributed by atoms with E-state index in [-0.39, 0.29) is 12.0 Å². The summed E-state index contributed by atoms with van der Waals surface area (Å²) >= 11 is 5.99. The van der Waals surface area contributed by atoms with Crippen molar-refractivity contribution in [2.24, 2.45) is 0 Å². The lowest BCUT2D eigenvalue weighted by molar-refractivity contribution is 0.310. The Morgan fingerprint density at radius 3 is 2.53 bits per heavy atom. The molecule has 1 aromatic rings. The highest BCUT2D eigenvalue weighted by Gasteiger charge is 2.23. The normalized spacial score (nSPS) is 14.2. The summed E-state index contributed by atoms with van der Waals surface area (Å²) < 4.78 is 5.31. The van der Waals surface area contributed by atoms with Crippen molar-refractivity contribution in [3.05, 3.63) is 28.8 Å². The van der Waals surface area contributed by atoms with E-state index in [1.54, 1.807) is 13.2 Å². The van der Waals surface area contributed by atoms with Gasteiger partial charge in [0, 0.05) is 16.5 Å². The molecule has 3 nitrogen and oxygen atoms in total. The molecule has 2 unspecified atom stereocenters. The van der Waals surface area contributed by atoms with Crippen molar-refractivity contribution in [2.75, 3.05) is 21.2 Å². The minimum Gasteiger partial charge on any atom is -0.496 e. The van der Waals surface area contributed by atoms with Crippen LogP contribution in [0.4, 0.5) is 0 Å². The van der Waals surface area contributed by atoms with E-state index >= 15 is 0 Å². The van der Waals surface area contributed by atoms with Gasteiger partial charge in [-0.15, -0.1) is 0 Å². The van der Waals surface area contributed by atoms with Crippen LogP contribution in [-0.4, -0.2) is 32.1 Å². The second kappa shape index (κ2) is 5.90. The lowest BCUT2D eigenvalue weighted by atomic mass is 9.92. The van der Waals surface area contributed by atoms with Crippen LogP contribution in [0.25, 0.3) is 0 Å². The van der Waals surface area contributed by atoms with Gasteiger partial charge in [-0.05, 0) is 32.3 Å². The maximum absolute atomic E-state index is 9.20. The van der Waals surface area contributed by atoms with Crippen molar-refractivity contribution in [1.29, 1.82) is 5.26 Å². The number of benzene rings is 1. The molecule has 0 fully saturated rings. The Morgan fingerprint density at radius 2 is 2.06 bits per heavy atom. The van der Waals surface area contributed by atoms with Crippen LogP contribution < -0.4 is 4.74 Å². The van der Waals surface area contributed by atoms with Gasteiger partial charge in [0.05, 0.1) is 13.2 Å². The lowest BCUT2D eigenvalue weighted by Crippen LogP contribution is -2.31. The van der Waals surface area contributed by atoms with Gasteiger partial charge in [-0.1, -0.05) is 18.5 Å². The van der Waals surface area contributed by atoms with Crippen molar-refractivity contribution in [2.45, 2.75) is 18.9 Å². The van der Waals surface area contributed by atoms with Gasteiger partial charge < -0.3 is 4.74 Å². The maximum atomic E-state index is 9.20. The van der Waals surface area contributed by atoms with E-state index in [4.69, 9.17) is 16.3 Å². The smallest absolute Gasteiger partial charge is 0.122 e. The van der Waals surface area contributed by atoms with Crippen LogP contribution in [0.3, 0.4) is 0 Å². The van der Waals surface area contributed by atoms with E-state index in [9.17, 15) is 5.26 Å². The van der Waals surface area contributed by atoms with Gasteiger partial charge in [-0.3, -0.25) is 4.90 Å². The first-order valence-corrected chi connectivity index (χ1v) is 5.78. The summed E-state index contributed by atoms with van der Waals surface area (Å²) in [6.45, 7) is 2.00. The van der Waals surface area contributed by atoms with Gasteiger partial charge in [0.25, 0.3) is 0 Å². The number of hydrogen-bond acceptors (Lipinski definition) is 3. The predicted molar refractivity (Wildman–Crippen MR) is 69.5 cm³/mol. The summed E-state index contributed by atoms with van der Waals surface area (Å²) in [5.74, 6) is 0.799. The van der Waals surface area contributed by atoms with Gasteiger partial charge in [0.1, 0.15) is 11.8 Å². The molecule has 0 bridgehead atoms. The zero-order valence-electron chi connectivity index (χ0n) is 10.6. The molecule has 0 aliphatic heterocycles. The Balaban J connectivity index is 3.14. The molecule has 0 aliphatic carbocycles. The Bertz CT molecular complexity index is 426. The van der Waals surface area contributed by atoms with Gasteiger partial charge in [-0.25, -0.2) is 0 Å². The van der Waals surface area contributed by atoms with E-state index in [0.29, 0.717) is 5.02 Å². The number of likely N-dealkylation sites (N-methyl/N-ethyl adjacent to an activating group) is 1. The first-order chi connectivity index (χ1) is 8.01. The average Bonchev–Trinajstić information content (AvgIpc) is 2.29. The molecule has 4 heteroatoms. The fraction of sp³-hybridized carbons (Fsp3) is 0.462. The molecule has 0 saturated carbocycles. The molecule has 17 heavy (non-hydrogen) atoms. The van der Waals surface area contributed by atoms with Crippen LogP contribution in [0.1, 0.15) is 18.4 Å². The Morgan fingerprint density at radius 1 is 1.41 bits per heavy atom. The molecular weight excluding hydrogens is 236 g/mol. The number of rotatable bonds is 4. The highest BCUT2D eigenvalue weighted by Crippen LogP contribution is 2.32. The molecule has 92 valence electrons. The maximum Gasteiger partial charge on any atom is 0.122 e. The van der Waals surface area contributed by atoms with Crippen molar-refractivity contribution in [3.8, 4) is 11.8 Å². The number of halogens is 1. The molecule has 0 saturated heterocycles. The third-order valence-corrected chi connectivity index (χ3v) is 3.08. The predicted octanol–water partition coefficient (Wildman–Crippen LogP) is 2.91. The second-order valence-electron chi connectivity index (χ2n) is 4.21. The van der Waals surface area contributed by atoms with Crippen LogP contribution in [0.15, 0.2) is 18.2 Å². The Kier molecular flexibility index (Phi) is 4.80. The molecular formula is C13H17ClN2O. The molecule has 2 atom stereocenters. The van der Waals surface area contributed by atoms with Gasteiger partial charge in [-0.2, -0.15) is 5.26 Å². The molecule has 0 aromatic heterocycles. The number of nitriles is 1. The van der Waals surface area contributed by atoms with Crippen LogP contribution in [0, 0.1) is 11.3 Å². The zero-order chi connectivity index (χ0) is 13.0. The summed E-state index contributed by atoms with van der Waals surface area (Å²) in [6, 6.07) is 7.57. The fourth-order valence-electron chi connectivity index (χ4n) is 1.91. The summed E-state index contributed by atoms with van der Waals surface area (Å²) in [4.78, 5) is 1.89. The highest BCUT2D eigenvalue weighted by molar-refractivity contribution is 6.30. The molecule has 1 aromatic carbocycles.